The zero-order valence-electron chi connectivity index (χ0n) is 12.9. The van der Waals surface area contributed by atoms with Gasteiger partial charge in [0.2, 0.25) is 5.91 Å². The molecule has 0 spiro atoms. The van der Waals surface area contributed by atoms with Crippen LogP contribution < -0.4 is 14.8 Å². The predicted molar refractivity (Wildman–Crippen MR) is 93.0 cm³/mol. The van der Waals surface area contributed by atoms with Crippen LogP contribution in [0.25, 0.3) is 0 Å². The third-order valence-corrected chi connectivity index (χ3v) is 4.18. The van der Waals surface area contributed by atoms with Crippen molar-refractivity contribution in [1.29, 1.82) is 0 Å². The molecule has 0 radical (unpaired) electrons. The zero-order chi connectivity index (χ0) is 16.8. The Balaban J connectivity index is 2.06. The number of carbonyl (C=O) groups is 1. The van der Waals surface area contributed by atoms with Crippen molar-refractivity contribution in [1.82, 2.24) is 0 Å². The van der Waals surface area contributed by atoms with Crippen LogP contribution in [0.5, 0.6) is 11.5 Å². The van der Waals surface area contributed by atoms with E-state index in [4.69, 9.17) is 32.7 Å². The lowest BCUT2D eigenvalue weighted by molar-refractivity contribution is -0.116. The molecule has 1 amide bonds. The minimum absolute atomic E-state index is 0.165. The highest BCUT2D eigenvalue weighted by Crippen LogP contribution is 2.31. The van der Waals surface area contributed by atoms with E-state index in [2.05, 4.69) is 5.32 Å². The Hall–Kier alpha value is -1.91. The topological polar surface area (TPSA) is 47.6 Å². The van der Waals surface area contributed by atoms with Crippen molar-refractivity contribution in [2.24, 2.45) is 0 Å². The number of nitrogens with one attached hydrogen (secondary N) is 1. The summed E-state index contributed by atoms with van der Waals surface area (Å²) in [6.45, 7) is 0. The summed E-state index contributed by atoms with van der Waals surface area (Å²) in [5.41, 5.74) is 1.35. The average molecular weight is 354 g/mol. The van der Waals surface area contributed by atoms with E-state index < -0.39 is 0 Å². The molecule has 0 saturated heterocycles. The molecule has 0 aliphatic rings. The van der Waals surface area contributed by atoms with Gasteiger partial charge in [-0.25, -0.2) is 0 Å². The molecule has 4 nitrogen and oxygen atoms in total. The van der Waals surface area contributed by atoms with Gasteiger partial charge in [0.05, 0.1) is 30.0 Å². The fourth-order valence-corrected chi connectivity index (χ4v) is 2.57. The highest BCUT2D eigenvalue weighted by atomic mass is 35.5. The molecule has 0 saturated carbocycles. The summed E-state index contributed by atoms with van der Waals surface area (Å²) in [4.78, 5) is 12.2. The number of methoxy groups -OCH3 is 2. The molecular weight excluding hydrogens is 337 g/mol. The van der Waals surface area contributed by atoms with Gasteiger partial charge in [-0.1, -0.05) is 35.3 Å². The van der Waals surface area contributed by atoms with Gasteiger partial charge in [-0.3, -0.25) is 4.79 Å². The monoisotopic (exact) mass is 353 g/mol. The van der Waals surface area contributed by atoms with E-state index in [1.807, 2.05) is 18.2 Å². The molecule has 0 heterocycles. The van der Waals surface area contributed by atoms with Gasteiger partial charge in [0.25, 0.3) is 0 Å². The molecule has 0 aliphatic carbocycles. The van der Waals surface area contributed by atoms with E-state index in [1.165, 1.54) is 0 Å². The van der Waals surface area contributed by atoms with E-state index in [0.29, 0.717) is 33.7 Å². The molecule has 2 aromatic carbocycles. The van der Waals surface area contributed by atoms with E-state index in [0.717, 1.165) is 5.56 Å². The smallest absolute Gasteiger partial charge is 0.224 e. The number of hydrogen-bond donors (Lipinski definition) is 1. The number of hydrogen-bond acceptors (Lipinski definition) is 3. The lowest BCUT2D eigenvalue weighted by Crippen LogP contribution is -2.13. The van der Waals surface area contributed by atoms with Crippen LogP contribution in [0.4, 0.5) is 5.69 Å². The maximum atomic E-state index is 12.2. The van der Waals surface area contributed by atoms with E-state index in [1.54, 1.807) is 32.4 Å². The van der Waals surface area contributed by atoms with Gasteiger partial charge < -0.3 is 14.8 Å². The van der Waals surface area contributed by atoms with Crippen LogP contribution in [0, 0.1) is 0 Å². The summed E-state index contributed by atoms with van der Waals surface area (Å²) in [6, 6.07) is 10.6. The molecule has 0 fully saturated rings. The number of benzene rings is 2. The lowest BCUT2D eigenvalue weighted by atomic mass is 10.1. The van der Waals surface area contributed by atoms with Crippen molar-refractivity contribution in [2.75, 3.05) is 19.5 Å². The summed E-state index contributed by atoms with van der Waals surface area (Å²) < 4.78 is 10.6. The third-order valence-electron chi connectivity index (χ3n) is 3.36. The van der Waals surface area contributed by atoms with Gasteiger partial charge in [0, 0.05) is 12.0 Å². The van der Waals surface area contributed by atoms with Gasteiger partial charge in [-0.05, 0) is 30.7 Å². The van der Waals surface area contributed by atoms with Crippen molar-refractivity contribution >= 4 is 34.8 Å². The Labute approximate surface area is 145 Å². The van der Waals surface area contributed by atoms with Crippen molar-refractivity contribution in [3.05, 3.63) is 52.0 Å². The summed E-state index contributed by atoms with van der Waals surface area (Å²) >= 11 is 12.0. The minimum atomic E-state index is -0.165. The van der Waals surface area contributed by atoms with E-state index in [9.17, 15) is 4.79 Å². The van der Waals surface area contributed by atoms with Crippen molar-refractivity contribution in [3.63, 3.8) is 0 Å². The molecular formula is C17H17Cl2NO3. The van der Waals surface area contributed by atoms with Crippen LogP contribution in [0.3, 0.4) is 0 Å². The molecule has 2 rings (SSSR count). The summed E-state index contributed by atoms with van der Waals surface area (Å²) in [5, 5.41) is 3.49. The van der Waals surface area contributed by atoms with E-state index >= 15 is 0 Å². The number of ether oxygens (including phenoxy) is 2. The number of halogens is 2. The summed E-state index contributed by atoms with van der Waals surface area (Å²) in [6.07, 6.45) is 0.747. The Bertz CT molecular complexity index is 682. The Morgan fingerprint density at radius 3 is 2.26 bits per heavy atom. The SMILES string of the molecule is COc1cccc(OC)c1CCC(=O)Nc1cccc(Cl)c1Cl. The standard InChI is InChI=1S/C17H17Cl2NO3/c1-22-14-7-4-8-15(23-2)11(14)9-10-16(21)20-13-6-3-5-12(18)17(13)19/h3-8H,9-10H2,1-2H3,(H,20,21). The van der Waals surface area contributed by atoms with Crippen molar-refractivity contribution in [2.45, 2.75) is 12.8 Å². The fourth-order valence-electron chi connectivity index (χ4n) is 2.23. The van der Waals surface area contributed by atoms with Gasteiger partial charge in [-0.15, -0.1) is 0 Å². The molecule has 2 aromatic rings. The van der Waals surface area contributed by atoms with Crippen molar-refractivity contribution in [3.8, 4) is 11.5 Å². The first-order valence-corrected chi connectivity index (χ1v) is 7.76. The molecule has 1 N–H and O–H groups in total. The molecule has 0 bridgehead atoms. The molecule has 122 valence electrons. The Kier molecular flexibility index (Phi) is 6.13. The maximum absolute atomic E-state index is 12.2. The average Bonchev–Trinajstić information content (AvgIpc) is 2.56. The largest absolute Gasteiger partial charge is 0.496 e. The minimum Gasteiger partial charge on any atom is -0.496 e. The highest BCUT2D eigenvalue weighted by Gasteiger charge is 2.13. The van der Waals surface area contributed by atoms with Gasteiger partial charge in [0.1, 0.15) is 11.5 Å². The fraction of sp³-hybridized carbons (Fsp3) is 0.235. The quantitative estimate of drug-likeness (QED) is 0.826. The molecule has 0 unspecified atom stereocenters. The van der Waals surface area contributed by atoms with Crippen LogP contribution in [0.1, 0.15) is 12.0 Å². The van der Waals surface area contributed by atoms with Crippen LogP contribution in [0.2, 0.25) is 10.0 Å². The van der Waals surface area contributed by atoms with Crippen molar-refractivity contribution < 1.29 is 14.3 Å². The van der Waals surface area contributed by atoms with Gasteiger partial charge in [-0.2, -0.15) is 0 Å². The van der Waals surface area contributed by atoms with Gasteiger partial charge in [0.15, 0.2) is 0 Å². The number of anilines is 1. The molecule has 23 heavy (non-hydrogen) atoms. The first kappa shape index (κ1) is 17.4. The summed E-state index contributed by atoms with van der Waals surface area (Å²) in [5.74, 6) is 1.22. The van der Waals surface area contributed by atoms with Crippen LogP contribution in [-0.4, -0.2) is 20.1 Å². The van der Waals surface area contributed by atoms with Gasteiger partial charge >= 0.3 is 0 Å². The normalized spacial score (nSPS) is 10.3. The van der Waals surface area contributed by atoms with Crippen LogP contribution >= 0.6 is 23.2 Å². The number of rotatable bonds is 6. The first-order chi connectivity index (χ1) is 11.1. The van der Waals surface area contributed by atoms with Crippen LogP contribution in [-0.2, 0) is 11.2 Å². The van der Waals surface area contributed by atoms with Crippen LogP contribution in [0.15, 0.2) is 36.4 Å². The molecule has 0 aromatic heterocycles. The molecule has 6 heteroatoms. The van der Waals surface area contributed by atoms with E-state index in [-0.39, 0.29) is 12.3 Å². The third kappa shape index (κ3) is 4.30. The number of carbonyl (C=O) groups excluding carboxylic acids is 1. The lowest BCUT2D eigenvalue weighted by Gasteiger charge is -2.13. The number of amides is 1. The first-order valence-electron chi connectivity index (χ1n) is 7.00. The highest BCUT2D eigenvalue weighted by molar-refractivity contribution is 6.43. The summed E-state index contributed by atoms with van der Waals surface area (Å²) in [7, 11) is 3.17. The zero-order valence-corrected chi connectivity index (χ0v) is 14.4. The maximum Gasteiger partial charge on any atom is 0.224 e. The Morgan fingerprint density at radius 2 is 1.65 bits per heavy atom. The second kappa shape index (κ2) is 8.09. The Morgan fingerprint density at radius 1 is 1.04 bits per heavy atom. The second-order valence-corrected chi connectivity index (χ2v) is 5.58. The molecule has 0 atom stereocenters. The predicted octanol–water partition coefficient (Wildman–Crippen LogP) is 4.58. The second-order valence-electron chi connectivity index (χ2n) is 4.79. The molecule has 0 aliphatic heterocycles.